The molecular formula is C11H10BrF3N2O2. The van der Waals surface area contributed by atoms with Crippen molar-refractivity contribution in [2.45, 2.75) is 18.7 Å². The number of oxime groups is 1. The van der Waals surface area contributed by atoms with Crippen molar-refractivity contribution in [3.8, 4) is 0 Å². The average Bonchev–Trinajstić information content (AvgIpc) is 2.77. The molecule has 0 spiro atoms. The van der Waals surface area contributed by atoms with E-state index in [4.69, 9.17) is 4.84 Å². The summed E-state index contributed by atoms with van der Waals surface area (Å²) in [5.74, 6) is 0. The summed E-state index contributed by atoms with van der Waals surface area (Å²) in [6.07, 6.45) is -2.82. The first kappa shape index (κ1) is 14.3. The minimum Gasteiger partial charge on any atom is -0.389 e. The third kappa shape index (κ3) is 4.46. The van der Waals surface area contributed by atoms with Gasteiger partial charge < -0.3 is 9.57 Å². The summed E-state index contributed by atoms with van der Waals surface area (Å²) in [5, 5.41) is 3.81. The van der Waals surface area contributed by atoms with Crippen LogP contribution >= 0.6 is 15.9 Å². The van der Waals surface area contributed by atoms with E-state index < -0.39 is 18.9 Å². The Hall–Kier alpha value is -1.15. The lowest BCUT2D eigenvalue weighted by atomic mass is 10.1. The van der Waals surface area contributed by atoms with Crippen LogP contribution in [0.15, 0.2) is 28.0 Å². The van der Waals surface area contributed by atoms with Crippen LogP contribution < -0.4 is 0 Å². The van der Waals surface area contributed by atoms with Crippen molar-refractivity contribution in [1.82, 2.24) is 4.98 Å². The highest BCUT2D eigenvalue weighted by Crippen LogP contribution is 2.19. The highest BCUT2D eigenvalue weighted by molar-refractivity contribution is 9.10. The summed E-state index contributed by atoms with van der Waals surface area (Å²) in [5.41, 5.74) is 1.25. The maximum Gasteiger partial charge on any atom is 0.411 e. The van der Waals surface area contributed by atoms with Gasteiger partial charge in [0.15, 0.2) is 6.10 Å². The largest absolute Gasteiger partial charge is 0.411 e. The number of aromatic nitrogens is 1. The Balaban J connectivity index is 1.81. The molecule has 0 saturated heterocycles. The van der Waals surface area contributed by atoms with E-state index in [2.05, 4.69) is 30.8 Å². The molecular weight excluding hydrogens is 329 g/mol. The Morgan fingerprint density at radius 3 is 2.84 bits per heavy atom. The van der Waals surface area contributed by atoms with Gasteiger partial charge in [-0.15, -0.1) is 0 Å². The van der Waals surface area contributed by atoms with Gasteiger partial charge in [-0.2, -0.15) is 13.2 Å². The SMILES string of the molecule is FC(F)(F)COC[C@@H]1CC(c2ccc(Br)cn2)=NO1. The van der Waals surface area contributed by atoms with Gasteiger partial charge in [0.1, 0.15) is 12.3 Å². The molecule has 0 radical (unpaired) electrons. The molecule has 1 aliphatic heterocycles. The van der Waals surface area contributed by atoms with E-state index in [9.17, 15) is 13.2 Å². The van der Waals surface area contributed by atoms with Gasteiger partial charge >= 0.3 is 6.18 Å². The Bertz CT molecular complexity index is 462. The zero-order valence-electron chi connectivity index (χ0n) is 9.65. The molecule has 0 amide bonds. The lowest BCUT2D eigenvalue weighted by Gasteiger charge is -2.10. The average molecular weight is 339 g/mol. The Kier molecular flexibility index (Phi) is 4.41. The van der Waals surface area contributed by atoms with Crippen LogP contribution in [0.1, 0.15) is 12.1 Å². The molecule has 1 aromatic rings. The van der Waals surface area contributed by atoms with Crippen LogP contribution in [0.3, 0.4) is 0 Å². The van der Waals surface area contributed by atoms with Gasteiger partial charge in [0.25, 0.3) is 0 Å². The third-order valence-electron chi connectivity index (χ3n) is 2.33. The molecule has 1 aromatic heterocycles. The lowest BCUT2D eigenvalue weighted by Crippen LogP contribution is -2.23. The number of alkyl halides is 3. The second kappa shape index (κ2) is 5.87. The van der Waals surface area contributed by atoms with Gasteiger partial charge in [0.2, 0.25) is 0 Å². The molecule has 1 atom stereocenters. The smallest absolute Gasteiger partial charge is 0.389 e. The molecule has 0 unspecified atom stereocenters. The number of pyridine rings is 1. The van der Waals surface area contributed by atoms with Gasteiger partial charge in [0.05, 0.1) is 12.3 Å². The first-order chi connectivity index (χ1) is 8.94. The van der Waals surface area contributed by atoms with E-state index >= 15 is 0 Å². The molecule has 4 nitrogen and oxygen atoms in total. The monoisotopic (exact) mass is 338 g/mol. The number of hydrogen-bond acceptors (Lipinski definition) is 4. The maximum absolute atomic E-state index is 11.9. The predicted molar refractivity (Wildman–Crippen MR) is 64.8 cm³/mol. The van der Waals surface area contributed by atoms with Crippen molar-refractivity contribution >= 4 is 21.6 Å². The van der Waals surface area contributed by atoms with E-state index in [0.29, 0.717) is 17.8 Å². The normalized spacial score (nSPS) is 19.2. The fourth-order valence-corrected chi connectivity index (χ4v) is 1.76. The van der Waals surface area contributed by atoms with Crippen LogP contribution in [0, 0.1) is 0 Å². The Labute approximate surface area is 115 Å². The molecule has 0 fully saturated rings. The summed E-state index contributed by atoms with van der Waals surface area (Å²) >= 11 is 3.26. The van der Waals surface area contributed by atoms with Gasteiger partial charge in [-0.1, -0.05) is 5.16 Å². The van der Waals surface area contributed by atoms with Gasteiger partial charge in [0, 0.05) is 17.1 Å². The van der Waals surface area contributed by atoms with Crippen LogP contribution in [-0.4, -0.2) is 36.2 Å². The number of ether oxygens (including phenoxy) is 1. The molecule has 0 saturated carbocycles. The number of halogens is 4. The van der Waals surface area contributed by atoms with Crippen LogP contribution in [0.5, 0.6) is 0 Å². The van der Waals surface area contributed by atoms with Crippen LogP contribution in [-0.2, 0) is 9.57 Å². The molecule has 2 heterocycles. The molecule has 0 bridgehead atoms. The molecule has 1 aliphatic rings. The van der Waals surface area contributed by atoms with E-state index in [-0.39, 0.29) is 6.61 Å². The number of hydrogen-bond donors (Lipinski definition) is 0. The molecule has 0 aliphatic carbocycles. The van der Waals surface area contributed by atoms with Crippen molar-refractivity contribution in [3.05, 3.63) is 28.5 Å². The molecule has 8 heteroatoms. The first-order valence-electron chi connectivity index (χ1n) is 5.43. The van der Waals surface area contributed by atoms with Crippen molar-refractivity contribution in [2.75, 3.05) is 13.2 Å². The summed E-state index contributed by atoms with van der Waals surface area (Å²) in [6.45, 7) is -1.43. The summed E-state index contributed by atoms with van der Waals surface area (Å²) in [4.78, 5) is 9.14. The van der Waals surface area contributed by atoms with Crippen LogP contribution in [0.2, 0.25) is 0 Å². The quantitative estimate of drug-likeness (QED) is 0.847. The van der Waals surface area contributed by atoms with E-state index in [1.54, 1.807) is 18.3 Å². The molecule has 0 N–H and O–H groups in total. The lowest BCUT2D eigenvalue weighted by molar-refractivity contribution is -0.180. The molecule has 104 valence electrons. The third-order valence-corrected chi connectivity index (χ3v) is 2.79. The van der Waals surface area contributed by atoms with Crippen molar-refractivity contribution in [2.24, 2.45) is 5.16 Å². The number of rotatable bonds is 4. The Morgan fingerprint density at radius 2 is 2.21 bits per heavy atom. The fraction of sp³-hybridized carbons (Fsp3) is 0.455. The topological polar surface area (TPSA) is 43.7 Å². The van der Waals surface area contributed by atoms with Crippen molar-refractivity contribution < 1.29 is 22.7 Å². The van der Waals surface area contributed by atoms with Crippen molar-refractivity contribution in [3.63, 3.8) is 0 Å². The summed E-state index contributed by atoms with van der Waals surface area (Å²) in [7, 11) is 0. The summed E-state index contributed by atoms with van der Waals surface area (Å²) in [6, 6.07) is 3.56. The standard InChI is InChI=1S/C11H10BrF3N2O2/c12-7-1-2-9(16-4-7)10-3-8(19-17-10)5-18-6-11(13,14)15/h1-2,4,8H,3,5-6H2/t8-/m0/s1. The van der Waals surface area contributed by atoms with Crippen LogP contribution in [0.25, 0.3) is 0 Å². The second-order valence-electron chi connectivity index (χ2n) is 3.96. The first-order valence-corrected chi connectivity index (χ1v) is 6.22. The predicted octanol–water partition coefficient (Wildman–Crippen LogP) is 2.92. The van der Waals surface area contributed by atoms with Crippen molar-refractivity contribution in [1.29, 1.82) is 0 Å². The molecule has 19 heavy (non-hydrogen) atoms. The van der Waals surface area contributed by atoms with Gasteiger partial charge in [-0.05, 0) is 28.1 Å². The molecule has 2 rings (SSSR count). The Morgan fingerprint density at radius 1 is 1.42 bits per heavy atom. The zero-order valence-corrected chi connectivity index (χ0v) is 11.2. The minimum absolute atomic E-state index is 0.150. The second-order valence-corrected chi connectivity index (χ2v) is 4.88. The highest BCUT2D eigenvalue weighted by Gasteiger charge is 2.29. The molecule has 0 aromatic carbocycles. The maximum atomic E-state index is 11.9. The van der Waals surface area contributed by atoms with E-state index in [1.165, 1.54) is 0 Å². The van der Waals surface area contributed by atoms with Gasteiger partial charge in [-0.25, -0.2) is 0 Å². The van der Waals surface area contributed by atoms with E-state index in [1.807, 2.05) is 0 Å². The van der Waals surface area contributed by atoms with Gasteiger partial charge in [-0.3, -0.25) is 4.98 Å². The fourth-order valence-electron chi connectivity index (χ4n) is 1.52. The minimum atomic E-state index is -4.32. The zero-order chi connectivity index (χ0) is 13.9. The number of nitrogens with zero attached hydrogens (tertiary/aromatic N) is 2. The van der Waals surface area contributed by atoms with Crippen LogP contribution in [0.4, 0.5) is 13.2 Å². The summed E-state index contributed by atoms with van der Waals surface area (Å²) < 4.78 is 41.1. The van der Waals surface area contributed by atoms with E-state index in [0.717, 1.165) is 4.47 Å². The highest BCUT2D eigenvalue weighted by atomic mass is 79.9.